The van der Waals surface area contributed by atoms with Crippen LogP contribution in [0.3, 0.4) is 0 Å². The summed E-state index contributed by atoms with van der Waals surface area (Å²) < 4.78 is 1.49. The van der Waals surface area contributed by atoms with E-state index in [0.717, 1.165) is 0 Å². The Morgan fingerprint density at radius 2 is 1.55 bits per heavy atom. The van der Waals surface area contributed by atoms with Gasteiger partial charge in [-0.25, -0.2) is 0 Å². The predicted octanol–water partition coefficient (Wildman–Crippen LogP) is 3.00. The van der Waals surface area contributed by atoms with Gasteiger partial charge >= 0.3 is 0 Å². The lowest BCUT2D eigenvalue weighted by atomic mass is 10.2. The van der Waals surface area contributed by atoms with Gasteiger partial charge in [0.05, 0.1) is 0 Å². The van der Waals surface area contributed by atoms with E-state index in [1.165, 1.54) is 21.7 Å². The Bertz CT molecular complexity index is 214. The van der Waals surface area contributed by atoms with Crippen molar-refractivity contribution in [1.29, 1.82) is 0 Å². The van der Waals surface area contributed by atoms with Gasteiger partial charge in [0, 0.05) is 11.5 Å². The maximum atomic E-state index is 2.18. The van der Waals surface area contributed by atoms with Crippen LogP contribution in [0.25, 0.3) is 0 Å². The Kier molecular flexibility index (Phi) is 2.44. The summed E-state index contributed by atoms with van der Waals surface area (Å²) in [5.74, 6) is 2.55. The minimum atomic E-state index is 1.27. The monoisotopic (exact) mass is 181 g/mol. The van der Waals surface area contributed by atoms with Crippen LogP contribution in [0.2, 0.25) is 0 Å². The maximum absolute atomic E-state index is 2.18. The van der Waals surface area contributed by atoms with E-state index < -0.39 is 0 Å². The number of thioether (sulfide) groups is 2. The molecule has 0 N–H and O–H groups in total. The van der Waals surface area contributed by atoms with Gasteiger partial charge in [-0.1, -0.05) is 30.3 Å². The van der Waals surface area contributed by atoms with Crippen molar-refractivity contribution in [2.75, 3.05) is 11.5 Å². The van der Waals surface area contributed by atoms with E-state index in [4.69, 9.17) is 0 Å². The molecule has 0 aromatic heterocycles. The third-order valence-corrected chi connectivity index (χ3v) is 4.34. The summed E-state index contributed by atoms with van der Waals surface area (Å²) in [4.78, 5) is 0. The third-order valence-electron chi connectivity index (χ3n) is 1.56. The number of benzene rings is 1. The second kappa shape index (κ2) is 3.55. The molecule has 1 saturated heterocycles. The number of hydrogen-bond acceptors (Lipinski definition) is 2. The summed E-state index contributed by atoms with van der Waals surface area (Å²) in [6, 6.07) is 10.6. The molecule has 1 aliphatic rings. The lowest BCUT2D eigenvalue weighted by Crippen LogP contribution is -1.82. The lowest BCUT2D eigenvalue weighted by Gasteiger charge is -2.04. The van der Waals surface area contributed by atoms with E-state index in [2.05, 4.69) is 30.3 Å². The van der Waals surface area contributed by atoms with Gasteiger partial charge in [-0.2, -0.15) is 0 Å². The van der Waals surface area contributed by atoms with Crippen LogP contribution in [0.15, 0.2) is 30.3 Å². The molecule has 2 rings (SSSR count). The van der Waals surface area contributed by atoms with E-state index in [0.29, 0.717) is 0 Å². The van der Waals surface area contributed by atoms with Gasteiger partial charge in [0.1, 0.15) is 4.58 Å². The molecule has 0 spiro atoms. The Hall–Kier alpha value is -0.0800. The van der Waals surface area contributed by atoms with Crippen LogP contribution >= 0.6 is 23.5 Å². The average Bonchev–Trinajstić information content (AvgIpc) is 2.58. The van der Waals surface area contributed by atoms with E-state index in [9.17, 15) is 0 Å². The van der Waals surface area contributed by atoms with Crippen LogP contribution in [0.5, 0.6) is 0 Å². The zero-order chi connectivity index (χ0) is 7.52. The Labute approximate surface area is 75.8 Å². The number of hydrogen-bond donors (Lipinski definition) is 0. The fourth-order valence-electron chi connectivity index (χ4n) is 1.05. The van der Waals surface area contributed by atoms with E-state index in [1.807, 2.05) is 23.5 Å². The standard InChI is InChI=1S/C9H9S2/c1-2-4-8(5-3-1)9-10-6-7-11-9/h1-5H,6-7H2. The highest BCUT2D eigenvalue weighted by Crippen LogP contribution is 2.43. The van der Waals surface area contributed by atoms with Crippen molar-refractivity contribution in [3.63, 3.8) is 0 Å². The summed E-state index contributed by atoms with van der Waals surface area (Å²) in [6.45, 7) is 0. The van der Waals surface area contributed by atoms with Crippen LogP contribution in [0.4, 0.5) is 0 Å². The highest BCUT2D eigenvalue weighted by molar-refractivity contribution is 8.24. The first kappa shape index (κ1) is 7.56. The van der Waals surface area contributed by atoms with Gasteiger partial charge in [0.2, 0.25) is 0 Å². The van der Waals surface area contributed by atoms with Crippen molar-refractivity contribution in [2.24, 2.45) is 0 Å². The minimum Gasteiger partial charge on any atom is -0.136 e. The maximum Gasteiger partial charge on any atom is 0.114 e. The zero-order valence-corrected chi connectivity index (χ0v) is 7.75. The Morgan fingerprint density at radius 1 is 0.909 bits per heavy atom. The molecule has 0 amide bonds. The molecule has 1 aromatic carbocycles. The molecule has 0 atom stereocenters. The van der Waals surface area contributed by atoms with Gasteiger partial charge in [-0.3, -0.25) is 0 Å². The van der Waals surface area contributed by atoms with E-state index >= 15 is 0 Å². The Balaban J connectivity index is 2.16. The molecule has 1 radical (unpaired) electrons. The molecular formula is C9H9S2. The average molecular weight is 181 g/mol. The van der Waals surface area contributed by atoms with Crippen molar-refractivity contribution in [3.05, 3.63) is 40.5 Å². The first-order valence-electron chi connectivity index (χ1n) is 3.65. The van der Waals surface area contributed by atoms with Gasteiger partial charge in [0.15, 0.2) is 0 Å². The lowest BCUT2D eigenvalue weighted by molar-refractivity contribution is 1.57. The van der Waals surface area contributed by atoms with Crippen molar-refractivity contribution < 1.29 is 0 Å². The molecule has 2 heteroatoms. The Morgan fingerprint density at radius 3 is 2.18 bits per heavy atom. The summed E-state index contributed by atoms with van der Waals surface area (Å²) in [6.07, 6.45) is 0. The van der Waals surface area contributed by atoms with Gasteiger partial charge in [0.25, 0.3) is 0 Å². The summed E-state index contributed by atoms with van der Waals surface area (Å²) >= 11 is 3.95. The largest absolute Gasteiger partial charge is 0.136 e. The molecule has 0 unspecified atom stereocenters. The molecule has 11 heavy (non-hydrogen) atoms. The molecule has 1 fully saturated rings. The smallest absolute Gasteiger partial charge is 0.114 e. The van der Waals surface area contributed by atoms with Crippen LogP contribution < -0.4 is 0 Å². The first-order valence-corrected chi connectivity index (χ1v) is 5.62. The summed E-state index contributed by atoms with van der Waals surface area (Å²) in [5, 5.41) is 0. The first-order chi connectivity index (χ1) is 5.47. The molecule has 57 valence electrons. The highest BCUT2D eigenvalue weighted by atomic mass is 32.2. The topological polar surface area (TPSA) is 0 Å². The van der Waals surface area contributed by atoms with Crippen molar-refractivity contribution >= 4 is 23.5 Å². The van der Waals surface area contributed by atoms with Crippen LogP contribution in [0, 0.1) is 4.58 Å². The number of rotatable bonds is 1. The molecular weight excluding hydrogens is 172 g/mol. The second-order valence-corrected chi connectivity index (χ2v) is 4.82. The highest BCUT2D eigenvalue weighted by Gasteiger charge is 2.18. The van der Waals surface area contributed by atoms with Gasteiger partial charge in [-0.15, -0.1) is 23.5 Å². The van der Waals surface area contributed by atoms with Crippen molar-refractivity contribution in [1.82, 2.24) is 0 Å². The molecule has 0 bridgehead atoms. The summed E-state index contributed by atoms with van der Waals surface area (Å²) in [5.41, 5.74) is 1.39. The van der Waals surface area contributed by atoms with Crippen LogP contribution in [-0.4, -0.2) is 11.5 Å². The molecule has 0 nitrogen and oxygen atoms in total. The van der Waals surface area contributed by atoms with Crippen LogP contribution in [-0.2, 0) is 0 Å². The van der Waals surface area contributed by atoms with Gasteiger partial charge in [-0.05, 0) is 5.56 Å². The second-order valence-electron chi connectivity index (χ2n) is 2.35. The van der Waals surface area contributed by atoms with E-state index in [1.54, 1.807) is 0 Å². The fraction of sp³-hybridized carbons (Fsp3) is 0.222. The summed E-state index contributed by atoms with van der Waals surface area (Å²) in [7, 11) is 0. The zero-order valence-electron chi connectivity index (χ0n) is 6.12. The molecule has 1 aliphatic heterocycles. The predicted molar refractivity (Wildman–Crippen MR) is 53.7 cm³/mol. The van der Waals surface area contributed by atoms with Gasteiger partial charge < -0.3 is 0 Å². The minimum absolute atomic E-state index is 1.27. The molecule has 0 saturated carbocycles. The van der Waals surface area contributed by atoms with Crippen LogP contribution in [0.1, 0.15) is 5.56 Å². The third kappa shape index (κ3) is 1.74. The van der Waals surface area contributed by atoms with Crippen molar-refractivity contribution in [2.45, 2.75) is 0 Å². The SMILES string of the molecule is c1ccc([C]2SCCS2)cc1. The normalized spacial score (nSPS) is 18.9. The molecule has 1 aromatic rings. The van der Waals surface area contributed by atoms with Crippen molar-refractivity contribution in [3.8, 4) is 0 Å². The molecule has 1 heterocycles. The fourth-order valence-corrected chi connectivity index (χ4v) is 3.53. The quantitative estimate of drug-likeness (QED) is 0.653. The van der Waals surface area contributed by atoms with E-state index in [-0.39, 0.29) is 0 Å². The molecule has 0 aliphatic carbocycles.